The minimum atomic E-state index is -0.287. The molecule has 172 valence electrons. The third-order valence-corrected chi connectivity index (χ3v) is 6.43. The van der Waals surface area contributed by atoms with Crippen molar-refractivity contribution in [2.24, 2.45) is 5.92 Å². The molecule has 1 aliphatic heterocycles. The van der Waals surface area contributed by atoms with E-state index in [1.165, 1.54) is 12.0 Å². The Morgan fingerprint density at radius 1 is 1.09 bits per heavy atom. The van der Waals surface area contributed by atoms with E-state index in [0.29, 0.717) is 25.4 Å². The Morgan fingerprint density at radius 2 is 1.88 bits per heavy atom. The molecule has 7 nitrogen and oxygen atoms in total. The first kappa shape index (κ1) is 22.5. The Hall–Kier alpha value is -2.67. The van der Waals surface area contributed by atoms with E-state index in [-0.39, 0.29) is 29.5 Å². The molecular formula is C25H33N3O4. The second-order valence-corrected chi connectivity index (χ2v) is 9.04. The molecule has 2 aromatic rings. The van der Waals surface area contributed by atoms with E-state index in [9.17, 15) is 9.59 Å². The van der Waals surface area contributed by atoms with Crippen molar-refractivity contribution in [2.45, 2.75) is 71.1 Å². The zero-order chi connectivity index (χ0) is 22.3. The van der Waals surface area contributed by atoms with Crippen LogP contribution in [-0.4, -0.2) is 41.1 Å². The van der Waals surface area contributed by atoms with Crippen LogP contribution >= 0.6 is 0 Å². The normalized spacial score (nSPS) is 19.1. The van der Waals surface area contributed by atoms with Crippen molar-refractivity contribution in [1.29, 1.82) is 0 Å². The van der Waals surface area contributed by atoms with Crippen LogP contribution in [0.25, 0.3) is 0 Å². The van der Waals surface area contributed by atoms with E-state index in [1.807, 2.05) is 36.1 Å². The van der Waals surface area contributed by atoms with Crippen LogP contribution in [0.15, 0.2) is 34.9 Å². The van der Waals surface area contributed by atoms with Gasteiger partial charge in [0.05, 0.1) is 12.6 Å². The van der Waals surface area contributed by atoms with Gasteiger partial charge in [-0.05, 0) is 38.2 Å². The first-order valence-corrected chi connectivity index (χ1v) is 11.8. The summed E-state index contributed by atoms with van der Waals surface area (Å²) in [6.45, 7) is 4.08. The summed E-state index contributed by atoms with van der Waals surface area (Å²) in [5.41, 5.74) is 2.43. The van der Waals surface area contributed by atoms with Gasteiger partial charge in [-0.3, -0.25) is 9.59 Å². The van der Waals surface area contributed by atoms with Gasteiger partial charge in [-0.1, -0.05) is 54.2 Å². The highest BCUT2D eigenvalue weighted by Crippen LogP contribution is 2.27. The minimum absolute atomic E-state index is 0.0720. The first-order chi connectivity index (χ1) is 15.6. The SMILES string of the molecule is Cc1ccc(CNC(=O)c2cc(CN(CC3CCCO3)C(=O)C3CCCCC3)on2)cc1. The van der Waals surface area contributed by atoms with Crippen LogP contribution in [0.3, 0.4) is 0 Å². The molecule has 1 saturated carbocycles. The summed E-state index contributed by atoms with van der Waals surface area (Å²) in [5.74, 6) is 0.477. The third kappa shape index (κ3) is 5.97. The molecule has 2 aliphatic rings. The predicted molar refractivity (Wildman–Crippen MR) is 120 cm³/mol. The highest BCUT2D eigenvalue weighted by atomic mass is 16.5. The summed E-state index contributed by atoms with van der Waals surface area (Å²) in [6, 6.07) is 9.65. The van der Waals surface area contributed by atoms with Crippen LogP contribution in [0, 0.1) is 12.8 Å². The first-order valence-electron chi connectivity index (χ1n) is 11.8. The van der Waals surface area contributed by atoms with Crippen LogP contribution in [0.4, 0.5) is 0 Å². The zero-order valence-electron chi connectivity index (χ0n) is 18.8. The molecule has 1 atom stereocenters. The van der Waals surface area contributed by atoms with Gasteiger partial charge in [-0.25, -0.2) is 0 Å². The molecule has 32 heavy (non-hydrogen) atoms. The average molecular weight is 440 g/mol. The summed E-state index contributed by atoms with van der Waals surface area (Å²) in [5, 5.41) is 6.82. The largest absolute Gasteiger partial charge is 0.376 e. The lowest BCUT2D eigenvalue weighted by Gasteiger charge is -2.30. The number of hydrogen-bond donors (Lipinski definition) is 1. The quantitative estimate of drug-likeness (QED) is 0.672. The fourth-order valence-corrected chi connectivity index (χ4v) is 4.54. The fourth-order valence-electron chi connectivity index (χ4n) is 4.54. The van der Waals surface area contributed by atoms with Crippen molar-refractivity contribution in [3.8, 4) is 0 Å². The van der Waals surface area contributed by atoms with E-state index in [0.717, 1.165) is 50.7 Å². The summed E-state index contributed by atoms with van der Waals surface area (Å²) in [6.07, 6.45) is 7.39. The van der Waals surface area contributed by atoms with Gasteiger partial charge in [-0.15, -0.1) is 0 Å². The van der Waals surface area contributed by atoms with Gasteiger partial charge in [0.1, 0.15) is 0 Å². The van der Waals surface area contributed by atoms with Crippen molar-refractivity contribution in [1.82, 2.24) is 15.4 Å². The highest BCUT2D eigenvalue weighted by molar-refractivity contribution is 5.92. The summed E-state index contributed by atoms with van der Waals surface area (Å²) in [7, 11) is 0. The van der Waals surface area contributed by atoms with Crippen LogP contribution in [0.1, 0.15) is 72.3 Å². The molecule has 1 aromatic heterocycles. The average Bonchev–Trinajstić information content (AvgIpc) is 3.50. The molecular weight excluding hydrogens is 406 g/mol. The van der Waals surface area contributed by atoms with Gasteiger partial charge in [0.25, 0.3) is 5.91 Å². The molecule has 2 amide bonds. The number of rotatable bonds is 8. The molecule has 1 aliphatic carbocycles. The van der Waals surface area contributed by atoms with Gasteiger partial charge in [-0.2, -0.15) is 0 Å². The number of nitrogens with zero attached hydrogens (tertiary/aromatic N) is 2. The fraction of sp³-hybridized carbons (Fsp3) is 0.560. The molecule has 7 heteroatoms. The Morgan fingerprint density at radius 3 is 2.59 bits per heavy atom. The van der Waals surface area contributed by atoms with Gasteiger partial charge in [0.2, 0.25) is 5.91 Å². The number of amides is 2. The third-order valence-electron chi connectivity index (χ3n) is 6.43. The van der Waals surface area contributed by atoms with Crippen molar-refractivity contribution in [3.63, 3.8) is 0 Å². The second-order valence-electron chi connectivity index (χ2n) is 9.04. The van der Waals surface area contributed by atoms with Crippen LogP contribution in [0.5, 0.6) is 0 Å². The second kappa shape index (κ2) is 10.8. The number of hydrogen-bond acceptors (Lipinski definition) is 5. The molecule has 0 radical (unpaired) electrons. The van der Waals surface area contributed by atoms with Crippen molar-refractivity contribution in [2.75, 3.05) is 13.2 Å². The molecule has 2 heterocycles. The van der Waals surface area contributed by atoms with E-state index in [1.54, 1.807) is 6.07 Å². The lowest BCUT2D eigenvalue weighted by atomic mass is 9.88. The smallest absolute Gasteiger partial charge is 0.273 e. The Labute approximate surface area is 189 Å². The number of ether oxygens (including phenoxy) is 1. The topological polar surface area (TPSA) is 84.7 Å². The van der Waals surface area contributed by atoms with Crippen molar-refractivity contribution in [3.05, 3.63) is 52.9 Å². The summed E-state index contributed by atoms with van der Waals surface area (Å²) < 4.78 is 11.2. The van der Waals surface area contributed by atoms with Gasteiger partial charge in [0.15, 0.2) is 11.5 Å². The maximum Gasteiger partial charge on any atom is 0.273 e. The number of benzene rings is 1. The predicted octanol–water partition coefficient (Wildman–Crippen LogP) is 4.00. The number of carbonyl (C=O) groups excluding carboxylic acids is 2. The van der Waals surface area contributed by atoms with E-state index >= 15 is 0 Å². The molecule has 2 fully saturated rings. The lowest BCUT2D eigenvalue weighted by Crippen LogP contribution is -2.41. The van der Waals surface area contributed by atoms with Crippen LogP contribution < -0.4 is 5.32 Å². The van der Waals surface area contributed by atoms with E-state index < -0.39 is 0 Å². The maximum absolute atomic E-state index is 13.2. The molecule has 1 N–H and O–H groups in total. The zero-order valence-corrected chi connectivity index (χ0v) is 18.8. The standard InChI is InChI=1S/C25H33N3O4/c1-18-9-11-19(12-10-18)15-26-24(29)23-14-22(32-27-23)17-28(16-21-8-5-13-31-21)25(30)20-6-3-2-4-7-20/h9-12,14,20-21H,2-8,13,15-17H2,1H3,(H,26,29). The van der Waals surface area contributed by atoms with Crippen LogP contribution in [0.2, 0.25) is 0 Å². The highest BCUT2D eigenvalue weighted by Gasteiger charge is 2.30. The van der Waals surface area contributed by atoms with E-state index in [2.05, 4.69) is 10.5 Å². The van der Waals surface area contributed by atoms with Gasteiger partial charge in [0, 0.05) is 31.7 Å². The van der Waals surface area contributed by atoms with Crippen molar-refractivity contribution >= 4 is 11.8 Å². The molecule has 0 spiro atoms. The molecule has 4 rings (SSSR count). The number of nitrogens with one attached hydrogen (secondary N) is 1. The Kier molecular flexibility index (Phi) is 7.58. The lowest BCUT2D eigenvalue weighted by molar-refractivity contribution is -0.139. The molecule has 1 aromatic carbocycles. The molecule has 0 bridgehead atoms. The maximum atomic E-state index is 13.2. The number of aryl methyl sites for hydroxylation is 1. The minimum Gasteiger partial charge on any atom is -0.376 e. The summed E-state index contributed by atoms with van der Waals surface area (Å²) in [4.78, 5) is 27.6. The molecule has 1 unspecified atom stereocenters. The van der Waals surface area contributed by atoms with Crippen LogP contribution in [-0.2, 0) is 22.6 Å². The number of carbonyl (C=O) groups is 2. The van der Waals surface area contributed by atoms with E-state index in [4.69, 9.17) is 9.26 Å². The Bertz CT molecular complexity index is 896. The molecule has 1 saturated heterocycles. The van der Waals surface area contributed by atoms with Gasteiger partial charge >= 0.3 is 0 Å². The number of aromatic nitrogens is 1. The van der Waals surface area contributed by atoms with Crippen molar-refractivity contribution < 1.29 is 18.8 Å². The van der Waals surface area contributed by atoms with Gasteiger partial charge < -0.3 is 19.5 Å². The summed E-state index contributed by atoms with van der Waals surface area (Å²) >= 11 is 0. The monoisotopic (exact) mass is 439 g/mol. The Balaban J connectivity index is 1.37.